The Kier molecular flexibility index (Phi) is 6.89. The van der Waals surface area contributed by atoms with E-state index in [0.717, 1.165) is 5.56 Å². The molecule has 0 saturated carbocycles. The van der Waals surface area contributed by atoms with E-state index in [4.69, 9.17) is 15.2 Å². The standard InChI is InChI=1S/C26H31N3O5/c1-25(2,3)34-24(32)29(19(23(28)31)14-16-9-7-6-8-10-16)21-18-13-17(15-27)11-12-20(18)33-26(4,5)22(21)30/h6-13,19,21-22,30H,14H2,1-5H3,(H2,28,31)/t19-,21-,22+/m1/s1. The molecule has 2 amide bonds. The Morgan fingerprint density at radius 3 is 2.44 bits per heavy atom. The molecular formula is C26H31N3O5. The van der Waals surface area contributed by atoms with Crippen molar-refractivity contribution >= 4 is 12.0 Å². The summed E-state index contributed by atoms with van der Waals surface area (Å²) in [6.07, 6.45) is -1.94. The quantitative estimate of drug-likeness (QED) is 0.696. The van der Waals surface area contributed by atoms with E-state index in [0.29, 0.717) is 16.9 Å². The Labute approximate surface area is 199 Å². The summed E-state index contributed by atoms with van der Waals surface area (Å²) in [5, 5.41) is 20.9. The number of hydrogen-bond acceptors (Lipinski definition) is 6. The summed E-state index contributed by atoms with van der Waals surface area (Å²) >= 11 is 0. The molecule has 0 radical (unpaired) electrons. The van der Waals surface area contributed by atoms with E-state index in [2.05, 4.69) is 6.07 Å². The topological polar surface area (TPSA) is 126 Å². The molecule has 1 aliphatic rings. The average molecular weight is 466 g/mol. The first kappa shape index (κ1) is 25.1. The molecule has 1 heterocycles. The minimum atomic E-state index is -1.25. The summed E-state index contributed by atoms with van der Waals surface area (Å²) < 4.78 is 11.7. The molecule has 8 heteroatoms. The molecule has 2 aromatic rings. The average Bonchev–Trinajstić information content (AvgIpc) is 2.74. The van der Waals surface area contributed by atoms with Gasteiger partial charge in [-0.1, -0.05) is 30.3 Å². The van der Waals surface area contributed by atoms with Gasteiger partial charge in [-0.15, -0.1) is 0 Å². The Morgan fingerprint density at radius 1 is 1.24 bits per heavy atom. The van der Waals surface area contributed by atoms with Crippen LogP contribution in [0.15, 0.2) is 48.5 Å². The van der Waals surface area contributed by atoms with Gasteiger partial charge in [0.2, 0.25) is 5.91 Å². The number of rotatable bonds is 5. The van der Waals surface area contributed by atoms with Crippen molar-refractivity contribution in [3.63, 3.8) is 0 Å². The van der Waals surface area contributed by atoms with Gasteiger partial charge in [0.25, 0.3) is 0 Å². The van der Waals surface area contributed by atoms with Gasteiger partial charge >= 0.3 is 6.09 Å². The maximum Gasteiger partial charge on any atom is 0.411 e. The first-order valence-corrected chi connectivity index (χ1v) is 11.1. The van der Waals surface area contributed by atoms with E-state index in [-0.39, 0.29) is 6.42 Å². The second-order valence-corrected chi connectivity index (χ2v) is 9.96. The first-order chi connectivity index (χ1) is 15.8. The van der Waals surface area contributed by atoms with Crippen LogP contribution in [-0.2, 0) is 16.0 Å². The number of primary amides is 1. The molecule has 0 saturated heterocycles. The van der Waals surface area contributed by atoms with Gasteiger partial charge in [-0.05, 0) is 58.4 Å². The van der Waals surface area contributed by atoms with E-state index in [1.54, 1.807) is 52.8 Å². The molecule has 0 fully saturated rings. The van der Waals surface area contributed by atoms with E-state index in [1.165, 1.54) is 4.90 Å². The SMILES string of the molecule is CC(C)(C)OC(=O)N([C@H](Cc1ccccc1)C(N)=O)[C@@H]1c2cc(C#N)ccc2OC(C)(C)[C@H]1O. The number of aliphatic hydroxyl groups excluding tert-OH is 1. The molecule has 3 atom stereocenters. The second kappa shape index (κ2) is 9.35. The monoisotopic (exact) mass is 465 g/mol. The summed E-state index contributed by atoms with van der Waals surface area (Å²) in [7, 11) is 0. The second-order valence-electron chi connectivity index (χ2n) is 9.96. The van der Waals surface area contributed by atoms with Gasteiger partial charge in [0.05, 0.1) is 17.7 Å². The van der Waals surface area contributed by atoms with Gasteiger partial charge in [-0.2, -0.15) is 5.26 Å². The number of amides is 2. The third-order valence-electron chi connectivity index (χ3n) is 5.68. The molecule has 3 N–H and O–H groups in total. The number of carbonyl (C=O) groups is 2. The maximum absolute atomic E-state index is 13.6. The number of nitrogens with two attached hydrogens (primary N) is 1. The number of hydrogen-bond donors (Lipinski definition) is 2. The third kappa shape index (κ3) is 5.32. The molecule has 0 unspecified atom stereocenters. The molecule has 1 aliphatic heterocycles. The summed E-state index contributed by atoms with van der Waals surface area (Å²) in [5.41, 5.74) is 5.36. The molecule has 3 rings (SSSR count). The van der Waals surface area contributed by atoms with Crippen molar-refractivity contribution < 1.29 is 24.2 Å². The molecule has 0 bridgehead atoms. The zero-order valence-corrected chi connectivity index (χ0v) is 20.1. The number of carbonyl (C=O) groups excluding carboxylic acids is 2. The van der Waals surface area contributed by atoms with Crippen molar-refractivity contribution in [3.05, 3.63) is 65.2 Å². The summed E-state index contributed by atoms with van der Waals surface area (Å²) in [5.74, 6) is -0.347. The van der Waals surface area contributed by atoms with Crippen LogP contribution in [0.2, 0.25) is 0 Å². The Hall–Kier alpha value is -3.57. The van der Waals surface area contributed by atoms with Gasteiger partial charge in [-0.25, -0.2) is 4.79 Å². The lowest BCUT2D eigenvalue weighted by atomic mass is 9.84. The normalized spacial score (nSPS) is 19.7. The van der Waals surface area contributed by atoms with Crippen molar-refractivity contribution in [1.29, 1.82) is 5.26 Å². The molecule has 0 aromatic heterocycles. The number of nitriles is 1. The van der Waals surface area contributed by atoms with Crippen LogP contribution in [0.3, 0.4) is 0 Å². The number of nitrogens with zero attached hydrogens (tertiary/aromatic N) is 2. The molecule has 2 aromatic carbocycles. The smallest absolute Gasteiger partial charge is 0.411 e. The fourth-order valence-electron chi connectivity index (χ4n) is 4.06. The summed E-state index contributed by atoms with van der Waals surface area (Å²) in [4.78, 5) is 27.6. The van der Waals surface area contributed by atoms with Crippen LogP contribution in [0, 0.1) is 11.3 Å². The lowest BCUT2D eigenvalue weighted by molar-refractivity contribution is -0.131. The highest BCUT2D eigenvalue weighted by Gasteiger charge is 2.50. The Morgan fingerprint density at radius 2 is 1.88 bits per heavy atom. The third-order valence-corrected chi connectivity index (χ3v) is 5.68. The van der Waals surface area contributed by atoms with Gasteiger partial charge in [-0.3, -0.25) is 9.69 Å². The summed E-state index contributed by atoms with van der Waals surface area (Å²) in [6, 6.07) is 13.8. The minimum Gasteiger partial charge on any atom is -0.485 e. The molecule has 0 spiro atoms. The van der Waals surface area contributed by atoms with Crippen LogP contribution < -0.4 is 10.5 Å². The van der Waals surface area contributed by atoms with Crippen molar-refractivity contribution in [2.24, 2.45) is 5.73 Å². The van der Waals surface area contributed by atoms with Gasteiger partial charge in [0.1, 0.15) is 29.1 Å². The van der Waals surface area contributed by atoms with Crippen LogP contribution in [0.25, 0.3) is 0 Å². The highest BCUT2D eigenvalue weighted by atomic mass is 16.6. The van der Waals surface area contributed by atoms with Crippen LogP contribution in [-0.4, -0.2) is 45.4 Å². The van der Waals surface area contributed by atoms with Crippen LogP contribution >= 0.6 is 0 Å². The maximum atomic E-state index is 13.6. The summed E-state index contributed by atoms with van der Waals surface area (Å²) in [6.45, 7) is 8.52. The molecule has 8 nitrogen and oxygen atoms in total. The number of benzene rings is 2. The van der Waals surface area contributed by atoms with Crippen LogP contribution in [0.5, 0.6) is 5.75 Å². The highest BCUT2D eigenvalue weighted by molar-refractivity contribution is 5.85. The number of aliphatic hydroxyl groups is 1. The molecule has 0 aliphatic carbocycles. The highest BCUT2D eigenvalue weighted by Crippen LogP contribution is 2.44. The van der Waals surface area contributed by atoms with Crippen molar-refractivity contribution in [3.8, 4) is 11.8 Å². The van der Waals surface area contributed by atoms with Crippen molar-refractivity contribution in [1.82, 2.24) is 4.90 Å². The predicted molar refractivity (Wildman–Crippen MR) is 126 cm³/mol. The lowest BCUT2D eigenvalue weighted by Gasteiger charge is -2.47. The largest absolute Gasteiger partial charge is 0.485 e. The van der Waals surface area contributed by atoms with Crippen LogP contribution in [0.1, 0.15) is 57.4 Å². The molecular weight excluding hydrogens is 434 g/mol. The first-order valence-electron chi connectivity index (χ1n) is 11.1. The Balaban J connectivity index is 2.21. The van der Waals surface area contributed by atoms with E-state index in [1.807, 2.05) is 30.3 Å². The zero-order valence-electron chi connectivity index (χ0n) is 20.1. The van der Waals surface area contributed by atoms with Crippen LogP contribution in [0.4, 0.5) is 4.79 Å². The molecule has 180 valence electrons. The minimum absolute atomic E-state index is 0.118. The predicted octanol–water partition coefficient (Wildman–Crippen LogP) is 3.46. The van der Waals surface area contributed by atoms with E-state index < -0.39 is 41.4 Å². The number of ether oxygens (including phenoxy) is 2. The van der Waals surface area contributed by atoms with Gasteiger partial charge < -0.3 is 20.3 Å². The van der Waals surface area contributed by atoms with E-state index >= 15 is 0 Å². The van der Waals surface area contributed by atoms with Gasteiger partial charge in [0, 0.05) is 12.0 Å². The fourth-order valence-corrected chi connectivity index (χ4v) is 4.06. The Bertz CT molecular complexity index is 1100. The zero-order chi connectivity index (χ0) is 25.3. The lowest BCUT2D eigenvalue weighted by Crippen LogP contribution is -2.60. The fraction of sp³-hybridized carbons (Fsp3) is 0.423. The molecule has 34 heavy (non-hydrogen) atoms. The van der Waals surface area contributed by atoms with Crippen molar-refractivity contribution in [2.45, 2.75) is 70.4 Å². The number of fused-ring (bicyclic) bond motifs is 1. The van der Waals surface area contributed by atoms with E-state index in [9.17, 15) is 20.0 Å². The van der Waals surface area contributed by atoms with Gasteiger partial charge in [0.15, 0.2) is 0 Å². The van der Waals surface area contributed by atoms with Crippen molar-refractivity contribution in [2.75, 3.05) is 0 Å².